The Morgan fingerprint density at radius 1 is 1.59 bits per heavy atom. The number of H-pyrrole nitrogens is 1. The van der Waals surface area contributed by atoms with Crippen molar-refractivity contribution < 1.29 is 9.53 Å². The largest absolute Gasteiger partial charge is 0.464 e. The number of hydrogen-bond acceptors (Lipinski definition) is 5. The van der Waals surface area contributed by atoms with Crippen LogP contribution < -0.4 is 0 Å². The number of nitrogens with zero attached hydrogens (tertiary/aromatic N) is 2. The summed E-state index contributed by atoms with van der Waals surface area (Å²) in [5.74, 6) is 0.215. The number of rotatable bonds is 4. The molecule has 3 rings (SSSR count). The molecule has 2 aromatic rings. The molecule has 0 unspecified atom stereocenters. The molecule has 0 aliphatic carbocycles. The highest BCUT2D eigenvalue weighted by Crippen LogP contribution is 2.29. The predicted molar refractivity (Wildman–Crippen MR) is 86.2 cm³/mol. The number of hydrogen-bond donors (Lipinski definition) is 1. The lowest BCUT2D eigenvalue weighted by Gasteiger charge is -2.31. The van der Waals surface area contributed by atoms with Crippen LogP contribution in [-0.2, 0) is 11.3 Å². The number of piperidine rings is 1. The summed E-state index contributed by atoms with van der Waals surface area (Å²) in [5, 5.41) is 3.38. The number of aromatic nitrogens is 2. The van der Waals surface area contributed by atoms with Crippen LogP contribution in [-0.4, -0.2) is 41.0 Å². The summed E-state index contributed by atoms with van der Waals surface area (Å²) in [6.07, 6.45) is 4.30. The van der Waals surface area contributed by atoms with Crippen molar-refractivity contribution >= 4 is 17.3 Å². The Hall–Kier alpha value is -1.66. The first-order chi connectivity index (χ1) is 10.7. The molecule has 1 N–H and O–H groups in total. The van der Waals surface area contributed by atoms with Gasteiger partial charge < -0.3 is 9.72 Å². The first-order valence-electron chi connectivity index (χ1n) is 7.55. The van der Waals surface area contributed by atoms with Crippen LogP contribution >= 0.6 is 11.3 Å². The number of methoxy groups -OCH3 is 1. The molecule has 1 aliphatic heterocycles. The number of likely N-dealkylation sites (tertiary alicyclic amines) is 1. The van der Waals surface area contributed by atoms with Gasteiger partial charge in [0.2, 0.25) is 0 Å². The van der Waals surface area contributed by atoms with Crippen LogP contribution in [0.2, 0.25) is 0 Å². The zero-order chi connectivity index (χ0) is 15.5. The van der Waals surface area contributed by atoms with E-state index in [4.69, 9.17) is 4.74 Å². The number of esters is 1. The normalized spacial score (nSPS) is 19.3. The molecular weight excluding hydrogens is 298 g/mol. The SMILES string of the molecule is COC(=O)c1cc(CN2CCC[C@H](c3nc(C)cs3)C2)c[nH]1. The summed E-state index contributed by atoms with van der Waals surface area (Å²) in [7, 11) is 1.40. The fourth-order valence-corrected chi connectivity index (χ4v) is 3.90. The number of thiazole rings is 1. The first-order valence-corrected chi connectivity index (χ1v) is 8.43. The van der Waals surface area contributed by atoms with E-state index in [1.165, 1.54) is 25.0 Å². The Bertz CT molecular complexity index is 649. The molecule has 6 heteroatoms. The Kier molecular flexibility index (Phi) is 4.59. The fraction of sp³-hybridized carbons (Fsp3) is 0.500. The van der Waals surface area contributed by atoms with E-state index in [1.807, 2.05) is 12.3 Å². The summed E-state index contributed by atoms with van der Waals surface area (Å²) >= 11 is 1.77. The monoisotopic (exact) mass is 319 g/mol. The average molecular weight is 319 g/mol. The molecule has 5 nitrogen and oxygen atoms in total. The van der Waals surface area contributed by atoms with Gasteiger partial charge in [-0.25, -0.2) is 9.78 Å². The van der Waals surface area contributed by atoms with E-state index in [0.29, 0.717) is 11.6 Å². The highest BCUT2D eigenvalue weighted by molar-refractivity contribution is 7.09. The summed E-state index contributed by atoms with van der Waals surface area (Å²) in [6.45, 7) is 5.04. The van der Waals surface area contributed by atoms with Crippen molar-refractivity contribution in [3.8, 4) is 0 Å². The van der Waals surface area contributed by atoms with Gasteiger partial charge in [-0.2, -0.15) is 0 Å². The van der Waals surface area contributed by atoms with Gasteiger partial charge in [-0.3, -0.25) is 4.90 Å². The van der Waals surface area contributed by atoms with Gasteiger partial charge >= 0.3 is 5.97 Å². The van der Waals surface area contributed by atoms with Gasteiger partial charge in [0.1, 0.15) is 5.69 Å². The zero-order valence-electron chi connectivity index (χ0n) is 13.0. The van der Waals surface area contributed by atoms with Crippen LogP contribution in [0.15, 0.2) is 17.6 Å². The van der Waals surface area contributed by atoms with Crippen molar-refractivity contribution in [1.82, 2.24) is 14.9 Å². The van der Waals surface area contributed by atoms with E-state index in [1.54, 1.807) is 11.3 Å². The third kappa shape index (κ3) is 3.39. The van der Waals surface area contributed by atoms with Gasteiger partial charge in [0.15, 0.2) is 0 Å². The molecule has 0 saturated carbocycles. The Balaban J connectivity index is 1.63. The molecule has 0 spiro atoms. The van der Waals surface area contributed by atoms with Crippen LogP contribution in [0, 0.1) is 6.92 Å². The smallest absolute Gasteiger partial charge is 0.354 e. The molecule has 0 amide bonds. The van der Waals surface area contributed by atoms with Crippen molar-refractivity contribution in [3.63, 3.8) is 0 Å². The Labute approximate surface area is 134 Å². The van der Waals surface area contributed by atoms with Crippen molar-refractivity contribution in [2.45, 2.75) is 32.2 Å². The van der Waals surface area contributed by atoms with Gasteiger partial charge in [-0.15, -0.1) is 11.3 Å². The number of carbonyl (C=O) groups is 1. The van der Waals surface area contributed by atoms with Crippen molar-refractivity contribution in [2.75, 3.05) is 20.2 Å². The second-order valence-corrected chi connectivity index (χ2v) is 6.70. The van der Waals surface area contributed by atoms with Gasteiger partial charge in [-0.05, 0) is 37.9 Å². The van der Waals surface area contributed by atoms with E-state index in [2.05, 4.69) is 27.2 Å². The highest BCUT2D eigenvalue weighted by atomic mass is 32.1. The minimum Gasteiger partial charge on any atom is -0.464 e. The van der Waals surface area contributed by atoms with E-state index in [9.17, 15) is 4.79 Å². The molecule has 3 heterocycles. The highest BCUT2D eigenvalue weighted by Gasteiger charge is 2.24. The van der Waals surface area contributed by atoms with E-state index < -0.39 is 0 Å². The van der Waals surface area contributed by atoms with Gasteiger partial charge in [0.05, 0.1) is 12.1 Å². The van der Waals surface area contributed by atoms with Crippen LogP contribution in [0.25, 0.3) is 0 Å². The third-order valence-corrected chi connectivity index (χ3v) is 5.17. The first kappa shape index (κ1) is 15.2. The lowest BCUT2D eigenvalue weighted by molar-refractivity contribution is 0.0594. The molecule has 22 heavy (non-hydrogen) atoms. The van der Waals surface area contributed by atoms with Crippen LogP contribution in [0.1, 0.15) is 45.5 Å². The van der Waals surface area contributed by atoms with E-state index in [0.717, 1.165) is 30.9 Å². The number of nitrogens with one attached hydrogen (secondary N) is 1. The van der Waals surface area contributed by atoms with Crippen LogP contribution in [0.5, 0.6) is 0 Å². The zero-order valence-corrected chi connectivity index (χ0v) is 13.8. The van der Waals surface area contributed by atoms with E-state index >= 15 is 0 Å². The molecule has 118 valence electrons. The molecule has 1 atom stereocenters. The van der Waals surface area contributed by atoms with E-state index in [-0.39, 0.29) is 5.97 Å². The number of aromatic amines is 1. The molecule has 2 aromatic heterocycles. The maximum absolute atomic E-state index is 11.5. The number of ether oxygens (including phenoxy) is 1. The fourth-order valence-electron chi connectivity index (χ4n) is 2.98. The average Bonchev–Trinajstić information content (AvgIpc) is 3.16. The maximum atomic E-state index is 11.5. The second-order valence-electron chi connectivity index (χ2n) is 5.81. The topological polar surface area (TPSA) is 58.2 Å². The van der Waals surface area contributed by atoms with Crippen molar-refractivity contribution in [2.24, 2.45) is 0 Å². The Morgan fingerprint density at radius 3 is 3.18 bits per heavy atom. The predicted octanol–water partition coefficient (Wildman–Crippen LogP) is 2.95. The molecule has 0 radical (unpaired) electrons. The minimum absolute atomic E-state index is 0.318. The van der Waals surface area contributed by atoms with Gasteiger partial charge in [0.25, 0.3) is 0 Å². The lowest BCUT2D eigenvalue weighted by Crippen LogP contribution is -2.33. The summed E-state index contributed by atoms with van der Waals surface area (Å²) < 4.78 is 4.73. The van der Waals surface area contributed by atoms with Crippen LogP contribution in [0.3, 0.4) is 0 Å². The molecule has 1 aliphatic rings. The quantitative estimate of drug-likeness (QED) is 0.880. The third-order valence-electron chi connectivity index (χ3n) is 4.05. The van der Waals surface area contributed by atoms with Crippen molar-refractivity contribution in [1.29, 1.82) is 0 Å². The summed E-state index contributed by atoms with van der Waals surface area (Å²) in [6, 6.07) is 1.88. The molecule has 0 bridgehead atoms. The number of aryl methyl sites for hydroxylation is 1. The second kappa shape index (κ2) is 6.62. The molecule has 1 fully saturated rings. The standard InChI is InChI=1S/C16H21N3O2S/c1-11-10-22-15(18-11)13-4-3-5-19(9-13)8-12-6-14(17-7-12)16(20)21-2/h6-7,10,13,17H,3-5,8-9H2,1-2H3/t13-/m0/s1. The van der Waals surface area contributed by atoms with Crippen molar-refractivity contribution in [3.05, 3.63) is 39.6 Å². The number of carbonyl (C=O) groups excluding carboxylic acids is 1. The summed E-state index contributed by atoms with van der Waals surface area (Å²) in [5.41, 5.74) is 2.75. The minimum atomic E-state index is -0.318. The molecular formula is C16H21N3O2S. The molecule has 1 saturated heterocycles. The van der Waals surface area contributed by atoms with Crippen LogP contribution in [0.4, 0.5) is 0 Å². The maximum Gasteiger partial charge on any atom is 0.354 e. The Morgan fingerprint density at radius 2 is 2.45 bits per heavy atom. The van der Waals surface area contributed by atoms with Gasteiger partial charge in [0, 0.05) is 36.3 Å². The lowest BCUT2D eigenvalue weighted by atomic mass is 9.98. The summed E-state index contributed by atoms with van der Waals surface area (Å²) in [4.78, 5) is 21.5. The van der Waals surface area contributed by atoms with Gasteiger partial charge in [-0.1, -0.05) is 0 Å². The molecule has 0 aromatic carbocycles.